The van der Waals surface area contributed by atoms with Crippen molar-refractivity contribution in [2.75, 3.05) is 5.75 Å². The Morgan fingerprint density at radius 2 is 1.86 bits per heavy atom. The van der Waals surface area contributed by atoms with Crippen LogP contribution in [0.1, 0.15) is 99.8 Å². The van der Waals surface area contributed by atoms with Gasteiger partial charge in [0.15, 0.2) is 0 Å². The molecule has 0 saturated heterocycles. The number of ketones is 1. The van der Waals surface area contributed by atoms with E-state index in [0.29, 0.717) is 37.9 Å². The van der Waals surface area contributed by atoms with Gasteiger partial charge < -0.3 is 25.0 Å². The zero-order valence-electron chi connectivity index (χ0n) is 27.1. The molecule has 0 aromatic heterocycles. The fraction of sp³-hybridized carbons (Fsp3) is 0.853. The van der Waals surface area contributed by atoms with Crippen molar-refractivity contribution in [3.63, 3.8) is 0 Å². The van der Waals surface area contributed by atoms with Crippen LogP contribution in [-0.4, -0.2) is 69.0 Å². The van der Waals surface area contributed by atoms with E-state index in [2.05, 4.69) is 32.7 Å². The number of aliphatic hydroxyl groups excluding tert-OH is 2. The quantitative estimate of drug-likeness (QED) is 0.266. The van der Waals surface area contributed by atoms with Crippen LogP contribution >= 0.6 is 11.8 Å². The highest BCUT2D eigenvalue weighted by atomic mass is 32.2. The summed E-state index contributed by atoms with van der Waals surface area (Å²) in [6.07, 6.45) is 4.78. The first-order valence-corrected chi connectivity index (χ1v) is 17.3. The fourth-order valence-corrected chi connectivity index (χ4v) is 11.4. The molecule has 9 heteroatoms. The van der Waals surface area contributed by atoms with Gasteiger partial charge in [0.05, 0.1) is 18.0 Å². The van der Waals surface area contributed by atoms with E-state index < -0.39 is 40.8 Å². The maximum atomic E-state index is 13.5. The summed E-state index contributed by atoms with van der Waals surface area (Å²) in [4.78, 5) is 39.2. The largest absolute Gasteiger partial charge is 0.461 e. The maximum absolute atomic E-state index is 13.5. The molecule has 1 amide bonds. The summed E-state index contributed by atoms with van der Waals surface area (Å²) in [5, 5.41) is 25.3. The van der Waals surface area contributed by atoms with Gasteiger partial charge in [-0.3, -0.25) is 9.59 Å². The van der Waals surface area contributed by atoms with Crippen LogP contribution in [0.25, 0.3) is 0 Å². The Morgan fingerprint density at radius 3 is 2.49 bits per heavy atom. The second-order valence-electron chi connectivity index (χ2n) is 16.1. The highest BCUT2D eigenvalue weighted by Crippen LogP contribution is 2.82. The lowest BCUT2D eigenvalue weighted by atomic mass is 9.32. The first-order chi connectivity index (χ1) is 19.9. The van der Waals surface area contributed by atoms with Gasteiger partial charge in [-0.2, -0.15) is 0 Å². The van der Waals surface area contributed by atoms with Gasteiger partial charge >= 0.3 is 12.1 Å². The smallest absolute Gasteiger partial charge is 0.407 e. The number of Topliss-reactive ketones (excluding diaryl/α,β-unsaturated/α-hetero) is 1. The summed E-state index contributed by atoms with van der Waals surface area (Å²) in [6, 6.07) is -0.179. The highest BCUT2D eigenvalue weighted by Gasteiger charge is 2.81. The van der Waals surface area contributed by atoms with Gasteiger partial charge in [-0.15, -0.1) is 18.3 Å². The summed E-state index contributed by atoms with van der Waals surface area (Å²) in [5.41, 5.74) is -2.13. The predicted molar refractivity (Wildman–Crippen MR) is 166 cm³/mol. The Kier molecular flexibility index (Phi) is 8.42. The van der Waals surface area contributed by atoms with E-state index in [9.17, 15) is 24.6 Å². The average molecular weight is 620 g/mol. The molecule has 0 aliphatic heterocycles. The summed E-state index contributed by atoms with van der Waals surface area (Å²) in [6.45, 7) is 18.2. The van der Waals surface area contributed by atoms with Gasteiger partial charge in [-0.05, 0) is 88.9 Å². The molecule has 5 aliphatic rings. The number of aliphatic hydroxyl groups is 2. The Morgan fingerprint density at radius 1 is 1.16 bits per heavy atom. The van der Waals surface area contributed by atoms with E-state index in [1.807, 2.05) is 33.8 Å². The van der Waals surface area contributed by atoms with Gasteiger partial charge in [0, 0.05) is 34.0 Å². The summed E-state index contributed by atoms with van der Waals surface area (Å²) >= 11 is 1.41. The highest BCUT2D eigenvalue weighted by molar-refractivity contribution is 8.00. The minimum Gasteiger partial charge on any atom is -0.461 e. The fourth-order valence-electron chi connectivity index (χ4n) is 10.3. The van der Waals surface area contributed by atoms with Crippen LogP contribution in [0.2, 0.25) is 0 Å². The molecule has 0 heterocycles. The predicted octanol–water partition coefficient (Wildman–Crippen LogP) is 5.43. The second-order valence-corrected chi connectivity index (χ2v) is 17.3. The third kappa shape index (κ3) is 5.27. The molecule has 5 aliphatic carbocycles. The Balaban J connectivity index is 1.28. The van der Waals surface area contributed by atoms with E-state index in [1.54, 1.807) is 0 Å². The van der Waals surface area contributed by atoms with Crippen molar-refractivity contribution in [3.8, 4) is 0 Å². The molecule has 2 spiro atoms. The van der Waals surface area contributed by atoms with E-state index in [4.69, 9.17) is 9.47 Å². The lowest BCUT2D eigenvalue weighted by molar-refractivity contribution is -0.257. The number of rotatable bonds is 6. The molecule has 5 saturated carbocycles. The molecule has 5 rings (SSSR count). The number of alkyl carbamates (subject to hydrolysis) is 1. The van der Waals surface area contributed by atoms with Gasteiger partial charge in [0.2, 0.25) is 0 Å². The number of ether oxygens (including phenoxy) is 2. The molecule has 5 fully saturated rings. The molecular formula is C34H53NO7S. The second kappa shape index (κ2) is 11.0. The number of hydrogen-bond acceptors (Lipinski definition) is 8. The zero-order chi connectivity index (χ0) is 31.8. The Hall–Kier alpha value is -1.58. The molecule has 8 nitrogen and oxygen atoms in total. The molecule has 12 atom stereocenters. The van der Waals surface area contributed by atoms with E-state index in [1.165, 1.54) is 11.8 Å². The average Bonchev–Trinajstić information content (AvgIpc) is 3.09. The lowest BCUT2D eigenvalue weighted by Gasteiger charge is -2.71. The van der Waals surface area contributed by atoms with Crippen molar-refractivity contribution in [3.05, 3.63) is 12.7 Å². The van der Waals surface area contributed by atoms with E-state index in [-0.39, 0.29) is 51.6 Å². The van der Waals surface area contributed by atoms with Gasteiger partial charge in [0.25, 0.3) is 0 Å². The van der Waals surface area contributed by atoms with Crippen LogP contribution < -0.4 is 5.32 Å². The van der Waals surface area contributed by atoms with Crippen molar-refractivity contribution < 1.29 is 34.1 Å². The molecule has 0 aromatic rings. The summed E-state index contributed by atoms with van der Waals surface area (Å²) in [5.74, 6) is 0.428. The van der Waals surface area contributed by atoms with Gasteiger partial charge in [-0.25, -0.2) is 4.79 Å². The topological polar surface area (TPSA) is 122 Å². The number of nitrogens with one attached hydrogen (secondary N) is 1. The lowest BCUT2D eigenvalue weighted by Crippen LogP contribution is -2.71. The molecule has 2 unspecified atom stereocenters. The van der Waals surface area contributed by atoms with E-state index in [0.717, 1.165) is 19.3 Å². The van der Waals surface area contributed by atoms with Crippen LogP contribution in [-0.2, 0) is 19.1 Å². The minimum absolute atomic E-state index is 0.0139. The normalized spacial score (nSPS) is 47.3. The first kappa shape index (κ1) is 32.8. The Labute approximate surface area is 261 Å². The van der Waals surface area contributed by atoms with Crippen LogP contribution in [0.5, 0.6) is 0 Å². The van der Waals surface area contributed by atoms with Crippen molar-refractivity contribution in [1.82, 2.24) is 5.32 Å². The van der Waals surface area contributed by atoms with Gasteiger partial charge in [0.1, 0.15) is 17.5 Å². The minimum atomic E-state index is -0.666. The maximum Gasteiger partial charge on any atom is 0.407 e. The van der Waals surface area contributed by atoms with Crippen molar-refractivity contribution >= 4 is 29.6 Å². The zero-order valence-corrected chi connectivity index (χ0v) is 27.9. The molecule has 242 valence electrons. The molecule has 43 heavy (non-hydrogen) atoms. The van der Waals surface area contributed by atoms with E-state index >= 15 is 0 Å². The summed E-state index contributed by atoms with van der Waals surface area (Å²) in [7, 11) is 0. The number of carbonyl (C=O) groups excluding carboxylic acids is 3. The number of thioether (sulfide) groups is 1. The van der Waals surface area contributed by atoms with Crippen molar-refractivity contribution in [2.45, 2.75) is 135 Å². The third-order valence-electron chi connectivity index (χ3n) is 12.5. The standard InChI is InChI=1S/C34H53NO7S/c1-9-31(7)16-25(32(8)19(2)15-34-18-33(28(32)34,13-12-24(34)37)20(3)27(31)39)41-26(38)17-43-23-11-10-21(14-22(23)36)35-29(40)42-30(4,5)6/h9,19-23,25,27-28,36,39H,1,10-18H2,2-8H3,(H,35,40)/t19?,20-,21-,22-,23-,25+,27-,28-,31+,32-,33+,34?/m0/s1. The molecule has 0 aromatic carbocycles. The third-order valence-corrected chi connectivity index (χ3v) is 13.9. The number of amides is 1. The number of esters is 1. The van der Waals surface area contributed by atoms with Crippen LogP contribution in [0.15, 0.2) is 12.7 Å². The van der Waals surface area contributed by atoms with Crippen LogP contribution in [0, 0.1) is 39.4 Å². The number of carbonyl (C=O) groups is 3. The first-order valence-electron chi connectivity index (χ1n) is 16.3. The van der Waals surface area contributed by atoms with Crippen molar-refractivity contribution in [2.24, 2.45) is 39.4 Å². The van der Waals surface area contributed by atoms with Crippen LogP contribution in [0.4, 0.5) is 4.79 Å². The number of hydrogen-bond donors (Lipinski definition) is 3. The monoisotopic (exact) mass is 619 g/mol. The Bertz CT molecular complexity index is 1150. The summed E-state index contributed by atoms with van der Waals surface area (Å²) < 4.78 is 11.8. The molecule has 2 bridgehead atoms. The molecule has 3 N–H and O–H groups in total. The molecule has 0 radical (unpaired) electrons. The SMILES string of the molecule is C=C[C@]1(C)C[C@@H](OC(=O)CS[C@H]2CC[C@H](NC(=O)OC(C)(C)C)C[C@@H]2O)[C@]2(C)C(C)CC34C[C@@](CCC3=O)([C@@H]42)[C@@H](C)[C@@H]1O. The molecular weight excluding hydrogens is 566 g/mol. The van der Waals surface area contributed by atoms with Gasteiger partial charge in [-0.1, -0.05) is 33.8 Å². The van der Waals surface area contributed by atoms with Crippen LogP contribution in [0.3, 0.4) is 0 Å². The van der Waals surface area contributed by atoms with Crippen molar-refractivity contribution in [1.29, 1.82) is 0 Å².